The Balaban J connectivity index is 2.34. The zero-order valence-corrected chi connectivity index (χ0v) is 10.0. The van der Waals surface area contributed by atoms with Crippen molar-refractivity contribution in [1.82, 2.24) is 5.32 Å². The van der Waals surface area contributed by atoms with Crippen LogP contribution >= 0.6 is 0 Å². The van der Waals surface area contributed by atoms with Crippen molar-refractivity contribution in [2.45, 2.75) is 19.4 Å². The number of nitrogens with one attached hydrogen (secondary N) is 1. The molecule has 1 saturated heterocycles. The summed E-state index contributed by atoms with van der Waals surface area (Å²) in [7, 11) is 0. The third-order valence-corrected chi connectivity index (χ3v) is 3.27. The molecule has 1 aliphatic rings. The van der Waals surface area contributed by atoms with Gasteiger partial charge in [0.05, 0.1) is 11.3 Å². The van der Waals surface area contributed by atoms with Crippen LogP contribution in [0.5, 0.6) is 0 Å². The first-order valence-electron chi connectivity index (χ1n) is 6.03. The number of hydrogen-bond acceptors (Lipinski definition) is 3. The molecule has 1 aliphatic heterocycles. The molecule has 2 N–H and O–H groups in total. The molecule has 0 bridgehead atoms. The topological polar surface area (TPSA) is 52.6 Å². The fourth-order valence-corrected chi connectivity index (χ4v) is 2.35. The molecule has 1 fully saturated rings. The van der Waals surface area contributed by atoms with E-state index in [4.69, 9.17) is 0 Å². The number of para-hydroxylation sites is 1. The lowest BCUT2D eigenvalue weighted by Gasteiger charge is -2.38. The molecule has 1 atom stereocenters. The molecule has 0 aliphatic carbocycles. The lowest BCUT2D eigenvalue weighted by Crippen LogP contribution is -2.51. The molecule has 92 valence electrons. The van der Waals surface area contributed by atoms with Gasteiger partial charge < -0.3 is 15.3 Å². The summed E-state index contributed by atoms with van der Waals surface area (Å²) >= 11 is 0. The van der Waals surface area contributed by atoms with Crippen molar-refractivity contribution in [2.75, 3.05) is 24.5 Å². The fraction of sp³-hybridized carbons (Fsp3) is 0.462. The van der Waals surface area contributed by atoms with Crippen LogP contribution in [-0.2, 0) is 0 Å². The van der Waals surface area contributed by atoms with E-state index < -0.39 is 5.97 Å². The monoisotopic (exact) mass is 234 g/mol. The molecular weight excluding hydrogens is 216 g/mol. The predicted octanol–water partition coefficient (Wildman–Crippen LogP) is 1.57. The summed E-state index contributed by atoms with van der Waals surface area (Å²) in [5.41, 5.74) is 1.24. The van der Waals surface area contributed by atoms with Crippen molar-refractivity contribution in [3.63, 3.8) is 0 Å². The maximum absolute atomic E-state index is 11.2. The van der Waals surface area contributed by atoms with Crippen molar-refractivity contribution >= 4 is 11.7 Å². The van der Waals surface area contributed by atoms with E-state index in [0.29, 0.717) is 11.6 Å². The van der Waals surface area contributed by atoms with Crippen LogP contribution in [0.4, 0.5) is 5.69 Å². The van der Waals surface area contributed by atoms with Gasteiger partial charge in [-0.05, 0) is 18.6 Å². The minimum absolute atomic E-state index is 0.379. The third-order valence-electron chi connectivity index (χ3n) is 3.27. The van der Waals surface area contributed by atoms with Crippen molar-refractivity contribution in [3.8, 4) is 0 Å². The summed E-state index contributed by atoms with van der Waals surface area (Å²) in [6.07, 6.45) is 1.01. The van der Waals surface area contributed by atoms with Crippen LogP contribution in [-0.4, -0.2) is 36.8 Å². The number of anilines is 1. The zero-order valence-electron chi connectivity index (χ0n) is 10.0. The zero-order chi connectivity index (χ0) is 12.3. The number of carboxylic acids is 1. The molecule has 1 aromatic carbocycles. The average molecular weight is 234 g/mol. The van der Waals surface area contributed by atoms with Gasteiger partial charge in [-0.3, -0.25) is 0 Å². The SMILES string of the molecule is CC[C@@H]1CNCCN1c1ccccc1C(=O)O. The van der Waals surface area contributed by atoms with Gasteiger partial charge in [-0.25, -0.2) is 4.79 Å². The minimum atomic E-state index is -0.853. The van der Waals surface area contributed by atoms with E-state index in [0.717, 1.165) is 31.7 Å². The van der Waals surface area contributed by atoms with Gasteiger partial charge >= 0.3 is 5.97 Å². The van der Waals surface area contributed by atoms with Crippen LogP contribution in [0.2, 0.25) is 0 Å². The second-order valence-electron chi connectivity index (χ2n) is 4.28. The molecule has 0 aromatic heterocycles. The maximum atomic E-state index is 11.2. The molecule has 0 unspecified atom stereocenters. The summed E-state index contributed by atoms with van der Waals surface area (Å²) in [6, 6.07) is 7.63. The third kappa shape index (κ3) is 2.42. The molecule has 0 radical (unpaired) electrons. The van der Waals surface area contributed by atoms with Crippen LogP contribution in [0.3, 0.4) is 0 Å². The summed E-state index contributed by atoms with van der Waals surface area (Å²) in [5.74, 6) is -0.853. The van der Waals surface area contributed by atoms with Gasteiger partial charge in [-0.1, -0.05) is 19.1 Å². The van der Waals surface area contributed by atoms with E-state index in [1.54, 1.807) is 12.1 Å². The largest absolute Gasteiger partial charge is 0.478 e. The Morgan fingerprint density at radius 1 is 1.53 bits per heavy atom. The minimum Gasteiger partial charge on any atom is -0.478 e. The number of benzene rings is 1. The number of rotatable bonds is 3. The Morgan fingerprint density at radius 3 is 3.00 bits per heavy atom. The highest BCUT2D eigenvalue weighted by Crippen LogP contribution is 2.24. The lowest BCUT2D eigenvalue weighted by molar-refractivity contribution is 0.0697. The molecule has 0 spiro atoms. The quantitative estimate of drug-likeness (QED) is 0.833. The van der Waals surface area contributed by atoms with Crippen LogP contribution < -0.4 is 10.2 Å². The Bertz CT molecular complexity index is 406. The van der Waals surface area contributed by atoms with E-state index >= 15 is 0 Å². The van der Waals surface area contributed by atoms with Gasteiger partial charge in [-0.2, -0.15) is 0 Å². The summed E-state index contributed by atoms with van der Waals surface area (Å²) in [5, 5.41) is 12.6. The van der Waals surface area contributed by atoms with Gasteiger partial charge in [-0.15, -0.1) is 0 Å². The molecule has 2 rings (SSSR count). The number of aromatic carboxylic acids is 1. The highest BCUT2D eigenvalue weighted by Gasteiger charge is 2.24. The highest BCUT2D eigenvalue weighted by atomic mass is 16.4. The summed E-state index contributed by atoms with van der Waals surface area (Å²) in [6.45, 7) is 4.83. The maximum Gasteiger partial charge on any atom is 0.337 e. The molecule has 0 amide bonds. The van der Waals surface area contributed by atoms with Gasteiger partial charge in [0.15, 0.2) is 0 Å². The second-order valence-corrected chi connectivity index (χ2v) is 4.28. The van der Waals surface area contributed by atoms with Gasteiger partial charge in [0.25, 0.3) is 0 Å². The van der Waals surface area contributed by atoms with E-state index in [1.165, 1.54) is 0 Å². The second kappa shape index (κ2) is 5.19. The average Bonchev–Trinajstić information content (AvgIpc) is 2.38. The lowest BCUT2D eigenvalue weighted by atomic mass is 10.1. The fourth-order valence-electron chi connectivity index (χ4n) is 2.35. The van der Waals surface area contributed by atoms with Crippen molar-refractivity contribution < 1.29 is 9.90 Å². The first-order chi connectivity index (χ1) is 8.24. The van der Waals surface area contributed by atoms with E-state index in [2.05, 4.69) is 17.1 Å². The van der Waals surface area contributed by atoms with Crippen molar-refractivity contribution in [3.05, 3.63) is 29.8 Å². The molecule has 4 heteroatoms. The predicted molar refractivity (Wildman–Crippen MR) is 67.7 cm³/mol. The van der Waals surface area contributed by atoms with Crippen molar-refractivity contribution in [2.24, 2.45) is 0 Å². The molecule has 0 saturated carbocycles. The first kappa shape index (κ1) is 11.9. The van der Waals surface area contributed by atoms with E-state index in [9.17, 15) is 9.90 Å². The number of piperazine rings is 1. The molecule has 1 heterocycles. The van der Waals surface area contributed by atoms with Gasteiger partial charge in [0.2, 0.25) is 0 Å². The Morgan fingerprint density at radius 2 is 2.29 bits per heavy atom. The highest BCUT2D eigenvalue weighted by molar-refractivity contribution is 5.94. The Hall–Kier alpha value is -1.55. The van der Waals surface area contributed by atoms with Gasteiger partial charge in [0.1, 0.15) is 0 Å². The van der Waals surface area contributed by atoms with Crippen LogP contribution in [0, 0.1) is 0 Å². The number of carbonyl (C=O) groups is 1. The molecule has 17 heavy (non-hydrogen) atoms. The Kier molecular flexibility index (Phi) is 3.64. The first-order valence-corrected chi connectivity index (χ1v) is 6.03. The molecule has 1 aromatic rings. The van der Waals surface area contributed by atoms with Crippen molar-refractivity contribution in [1.29, 1.82) is 0 Å². The van der Waals surface area contributed by atoms with Gasteiger partial charge in [0, 0.05) is 25.7 Å². The normalized spacial score (nSPS) is 20.3. The standard InChI is InChI=1S/C13H18N2O2/c1-2-10-9-14-7-8-15(10)12-6-4-3-5-11(12)13(16)17/h3-6,10,14H,2,7-9H2,1H3,(H,16,17)/t10-/m1/s1. The number of hydrogen-bond donors (Lipinski definition) is 2. The van der Waals surface area contributed by atoms with E-state index in [1.807, 2.05) is 12.1 Å². The number of carboxylic acid groups (broad SMARTS) is 1. The summed E-state index contributed by atoms with van der Waals surface area (Å²) < 4.78 is 0. The smallest absolute Gasteiger partial charge is 0.337 e. The Labute approximate surface area is 101 Å². The molecular formula is C13H18N2O2. The number of nitrogens with zero attached hydrogens (tertiary/aromatic N) is 1. The van der Waals surface area contributed by atoms with Crippen LogP contribution in [0.25, 0.3) is 0 Å². The van der Waals surface area contributed by atoms with E-state index in [-0.39, 0.29) is 0 Å². The summed E-state index contributed by atoms with van der Waals surface area (Å²) in [4.78, 5) is 13.4. The molecule has 4 nitrogen and oxygen atoms in total. The van der Waals surface area contributed by atoms with Crippen LogP contribution in [0.15, 0.2) is 24.3 Å². The van der Waals surface area contributed by atoms with Crippen LogP contribution in [0.1, 0.15) is 23.7 Å².